The fourth-order valence-corrected chi connectivity index (χ4v) is 2.51. The van der Waals surface area contributed by atoms with Crippen LogP contribution in [0.25, 0.3) is 0 Å². The maximum absolute atomic E-state index is 5.72. The van der Waals surface area contributed by atoms with Crippen LogP contribution in [-0.4, -0.2) is 9.36 Å². The van der Waals surface area contributed by atoms with Gasteiger partial charge in [0, 0.05) is 5.92 Å². The van der Waals surface area contributed by atoms with Crippen LogP contribution < -0.4 is 0 Å². The molecule has 0 N–H and O–H groups in total. The number of halogens is 1. The van der Waals surface area contributed by atoms with Crippen molar-refractivity contribution in [1.29, 1.82) is 0 Å². The van der Waals surface area contributed by atoms with E-state index in [-0.39, 0.29) is 0 Å². The third-order valence-corrected chi connectivity index (χ3v) is 3.29. The monoisotopic (exact) mass is 202 g/mol. The first-order chi connectivity index (χ1) is 5.75. The van der Waals surface area contributed by atoms with Crippen LogP contribution in [0.2, 0.25) is 4.47 Å². The second-order valence-electron chi connectivity index (χ2n) is 3.52. The molecule has 1 aromatic rings. The van der Waals surface area contributed by atoms with Gasteiger partial charge in [0.05, 0.1) is 0 Å². The van der Waals surface area contributed by atoms with E-state index < -0.39 is 0 Å². The molecule has 12 heavy (non-hydrogen) atoms. The Morgan fingerprint density at radius 2 is 2.33 bits per heavy atom. The predicted molar refractivity (Wildman–Crippen MR) is 50.7 cm³/mol. The first-order valence-electron chi connectivity index (χ1n) is 4.25. The summed E-state index contributed by atoms with van der Waals surface area (Å²) in [5.74, 6) is 2.37. The van der Waals surface area contributed by atoms with Crippen LogP contribution in [0.4, 0.5) is 0 Å². The van der Waals surface area contributed by atoms with Gasteiger partial charge in [0.25, 0.3) is 0 Å². The molecule has 2 rings (SSSR count). The van der Waals surface area contributed by atoms with Crippen molar-refractivity contribution in [2.24, 2.45) is 5.92 Å². The van der Waals surface area contributed by atoms with Crippen molar-refractivity contribution < 1.29 is 0 Å². The molecule has 2 unspecified atom stereocenters. The van der Waals surface area contributed by atoms with Crippen molar-refractivity contribution in [2.45, 2.75) is 32.1 Å². The minimum absolute atomic E-state index is 0.573. The minimum atomic E-state index is 0.573. The van der Waals surface area contributed by atoms with Crippen molar-refractivity contribution >= 4 is 23.1 Å². The van der Waals surface area contributed by atoms with E-state index in [2.05, 4.69) is 16.3 Å². The lowest BCUT2D eigenvalue weighted by molar-refractivity contribution is 0.588. The topological polar surface area (TPSA) is 25.8 Å². The highest BCUT2D eigenvalue weighted by atomic mass is 35.5. The summed E-state index contributed by atoms with van der Waals surface area (Å²) < 4.78 is 4.80. The third kappa shape index (κ3) is 1.62. The summed E-state index contributed by atoms with van der Waals surface area (Å²) in [7, 11) is 0. The first kappa shape index (κ1) is 8.45. The molecule has 2 atom stereocenters. The molecule has 0 aromatic carbocycles. The zero-order valence-electron chi connectivity index (χ0n) is 6.96. The first-order valence-corrected chi connectivity index (χ1v) is 5.40. The van der Waals surface area contributed by atoms with Crippen LogP contribution >= 0.6 is 23.1 Å². The summed E-state index contributed by atoms with van der Waals surface area (Å²) in [6.45, 7) is 2.29. The van der Waals surface area contributed by atoms with Crippen molar-refractivity contribution in [3.8, 4) is 0 Å². The van der Waals surface area contributed by atoms with E-state index in [1.165, 1.54) is 30.8 Å². The number of hydrogen-bond donors (Lipinski definition) is 0. The maximum Gasteiger partial charge on any atom is 0.203 e. The molecule has 1 aliphatic rings. The molecule has 1 fully saturated rings. The van der Waals surface area contributed by atoms with E-state index in [1.54, 1.807) is 0 Å². The van der Waals surface area contributed by atoms with Crippen LogP contribution in [0, 0.1) is 5.92 Å². The van der Waals surface area contributed by atoms with Crippen molar-refractivity contribution in [3.05, 3.63) is 10.3 Å². The summed E-state index contributed by atoms with van der Waals surface area (Å²) in [5.41, 5.74) is 0. The van der Waals surface area contributed by atoms with Gasteiger partial charge in [-0.05, 0) is 48.3 Å². The quantitative estimate of drug-likeness (QED) is 0.700. The Balaban J connectivity index is 2.11. The summed E-state index contributed by atoms with van der Waals surface area (Å²) in [4.78, 5) is 4.20. The highest BCUT2D eigenvalue weighted by Gasteiger charge is 2.25. The van der Waals surface area contributed by atoms with Gasteiger partial charge in [0.2, 0.25) is 4.47 Å². The van der Waals surface area contributed by atoms with Gasteiger partial charge in [0.1, 0.15) is 5.82 Å². The van der Waals surface area contributed by atoms with Gasteiger partial charge in [-0.15, -0.1) is 0 Å². The van der Waals surface area contributed by atoms with Gasteiger partial charge >= 0.3 is 0 Å². The number of aromatic nitrogens is 2. The highest BCUT2D eigenvalue weighted by molar-refractivity contribution is 7.10. The standard InChI is InChI=1S/C8H11ClN2S/c1-5-2-3-6(4-5)7-10-8(9)12-11-7/h5-6H,2-4H2,1H3. The molecule has 0 amide bonds. The zero-order valence-corrected chi connectivity index (χ0v) is 8.53. The van der Waals surface area contributed by atoms with E-state index in [4.69, 9.17) is 11.6 Å². The Morgan fingerprint density at radius 3 is 2.83 bits per heavy atom. The summed E-state index contributed by atoms with van der Waals surface area (Å²) in [6, 6.07) is 0. The molecular formula is C8H11ClN2S. The Labute approximate surface area is 81.1 Å². The fourth-order valence-electron chi connectivity index (χ4n) is 1.82. The Morgan fingerprint density at radius 1 is 1.50 bits per heavy atom. The van der Waals surface area contributed by atoms with Crippen LogP contribution in [0.15, 0.2) is 0 Å². The van der Waals surface area contributed by atoms with E-state index in [0.29, 0.717) is 10.4 Å². The highest BCUT2D eigenvalue weighted by Crippen LogP contribution is 2.37. The Hall–Kier alpha value is -0.150. The van der Waals surface area contributed by atoms with E-state index in [1.807, 2.05) is 0 Å². The SMILES string of the molecule is CC1CCC(c2nsc(Cl)n2)C1. The predicted octanol–water partition coefficient (Wildman–Crippen LogP) is 3.10. The molecule has 0 aliphatic heterocycles. The number of hydrogen-bond acceptors (Lipinski definition) is 3. The smallest absolute Gasteiger partial charge is 0.203 e. The maximum atomic E-state index is 5.72. The molecule has 0 radical (unpaired) electrons. The van der Waals surface area contributed by atoms with Crippen molar-refractivity contribution in [2.75, 3.05) is 0 Å². The molecule has 4 heteroatoms. The molecule has 0 saturated heterocycles. The molecule has 1 saturated carbocycles. The van der Waals surface area contributed by atoms with Gasteiger partial charge in [0.15, 0.2) is 0 Å². The van der Waals surface area contributed by atoms with E-state index >= 15 is 0 Å². The van der Waals surface area contributed by atoms with Gasteiger partial charge in [-0.2, -0.15) is 4.37 Å². The molecule has 1 aromatic heterocycles. The third-order valence-electron chi connectivity index (χ3n) is 2.48. The minimum Gasteiger partial charge on any atom is -0.208 e. The van der Waals surface area contributed by atoms with Crippen molar-refractivity contribution in [3.63, 3.8) is 0 Å². The number of rotatable bonds is 1. The second kappa shape index (κ2) is 3.30. The van der Waals surface area contributed by atoms with E-state index in [0.717, 1.165) is 11.7 Å². The van der Waals surface area contributed by atoms with Crippen LogP contribution in [-0.2, 0) is 0 Å². The largest absolute Gasteiger partial charge is 0.208 e. The van der Waals surface area contributed by atoms with Gasteiger partial charge in [-0.1, -0.05) is 6.92 Å². The van der Waals surface area contributed by atoms with Crippen LogP contribution in [0.1, 0.15) is 37.9 Å². The van der Waals surface area contributed by atoms with Crippen LogP contribution in [0.5, 0.6) is 0 Å². The molecule has 66 valence electrons. The zero-order chi connectivity index (χ0) is 8.55. The summed E-state index contributed by atoms with van der Waals surface area (Å²) >= 11 is 7.02. The lowest BCUT2D eigenvalue weighted by Gasteiger charge is -2.02. The Bertz CT molecular complexity index is 274. The van der Waals surface area contributed by atoms with Crippen molar-refractivity contribution in [1.82, 2.24) is 9.36 Å². The average molecular weight is 203 g/mol. The van der Waals surface area contributed by atoms with Gasteiger partial charge in [-0.3, -0.25) is 0 Å². The molecule has 0 bridgehead atoms. The van der Waals surface area contributed by atoms with E-state index in [9.17, 15) is 0 Å². The Kier molecular flexibility index (Phi) is 2.33. The van der Waals surface area contributed by atoms with Crippen LogP contribution in [0.3, 0.4) is 0 Å². The fraction of sp³-hybridized carbons (Fsp3) is 0.750. The molecular weight excluding hydrogens is 192 g/mol. The molecule has 2 nitrogen and oxygen atoms in total. The van der Waals surface area contributed by atoms with Gasteiger partial charge in [-0.25, -0.2) is 4.98 Å². The second-order valence-corrected chi connectivity index (χ2v) is 4.85. The molecule has 0 spiro atoms. The summed E-state index contributed by atoms with van der Waals surface area (Å²) in [5, 5.41) is 0. The lowest BCUT2D eigenvalue weighted by atomic mass is 10.1. The lowest BCUT2D eigenvalue weighted by Crippen LogP contribution is -1.95. The normalized spacial score (nSPS) is 29.5. The molecule has 1 heterocycles. The summed E-state index contributed by atoms with van der Waals surface area (Å²) in [6.07, 6.45) is 3.77. The number of nitrogens with zero attached hydrogens (tertiary/aromatic N) is 2. The average Bonchev–Trinajstić information content (AvgIpc) is 2.58. The van der Waals surface area contributed by atoms with Gasteiger partial charge < -0.3 is 0 Å². The molecule has 1 aliphatic carbocycles.